The second-order valence-electron chi connectivity index (χ2n) is 3.57. The first-order valence-electron chi connectivity index (χ1n) is 5.20. The number of halogens is 1. The Kier molecular flexibility index (Phi) is 2.95. The van der Waals surface area contributed by atoms with Crippen LogP contribution in [-0.2, 0) is 0 Å². The van der Waals surface area contributed by atoms with Crippen molar-refractivity contribution in [2.24, 2.45) is 0 Å². The van der Waals surface area contributed by atoms with Gasteiger partial charge in [-0.2, -0.15) is 0 Å². The Balaban J connectivity index is 2.33. The summed E-state index contributed by atoms with van der Waals surface area (Å²) in [6.45, 7) is 4.22. The van der Waals surface area contributed by atoms with Gasteiger partial charge in [-0.25, -0.2) is 9.97 Å². The average molecular weight is 228 g/mol. The smallest absolute Gasteiger partial charge is 0.199 e. The predicted molar refractivity (Wildman–Crippen MR) is 59.5 cm³/mol. The fraction of sp³-hybridized carbons (Fsp3) is 0.600. The third-order valence-corrected chi connectivity index (χ3v) is 2.91. The third kappa shape index (κ3) is 1.86. The molecule has 0 radical (unpaired) electrons. The van der Waals surface area contributed by atoms with Crippen LogP contribution in [0.5, 0.6) is 5.75 Å². The number of hydrogen-bond acceptors (Lipinski definition) is 4. The fourth-order valence-corrected chi connectivity index (χ4v) is 1.97. The van der Waals surface area contributed by atoms with Gasteiger partial charge in [0.2, 0.25) is 0 Å². The topological polar surface area (TPSA) is 47.0 Å². The van der Waals surface area contributed by atoms with Crippen molar-refractivity contribution >= 4 is 17.4 Å². The molecule has 0 spiro atoms. The van der Waals surface area contributed by atoms with Gasteiger partial charge >= 0.3 is 0 Å². The minimum Gasteiger partial charge on any atom is -0.481 e. The molecule has 15 heavy (non-hydrogen) atoms. The Hall–Kier alpha value is -1.03. The van der Waals surface area contributed by atoms with E-state index < -0.39 is 0 Å². The van der Waals surface area contributed by atoms with Crippen molar-refractivity contribution in [2.45, 2.75) is 38.8 Å². The fourth-order valence-electron chi connectivity index (χ4n) is 1.79. The van der Waals surface area contributed by atoms with Crippen molar-refractivity contribution < 1.29 is 4.74 Å². The lowest BCUT2D eigenvalue weighted by Gasteiger charge is -2.33. The Labute approximate surface area is 94.0 Å². The number of anilines is 1. The molecule has 0 bridgehead atoms. The zero-order chi connectivity index (χ0) is 10.8. The molecule has 82 valence electrons. The molecule has 1 aromatic rings. The van der Waals surface area contributed by atoms with Gasteiger partial charge in [0.05, 0.1) is 6.04 Å². The monoisotopic (exact) mass is 227 g/mol. The van der Waals surface area contributed by atoms with Crippen LogP contribution < -0.4 is 10.1 Å². The number of ether oxygens (including phenoxy) is 1. The Morgan fingerprint density at radius 1 is 1.40 bits per heavy atom. The summed E-state index contributed by atoms with van der Waals surface area (Å²) in [7, 11) is 0. The molecule has 1 aliphatic heterocycles. The maximum absolute atomic E-state index is 5.94. The summed E-state index contributed by atoms with van der Waals surface area (Å²) in [5.74, 6) is 1.28. The molecular weight excluding hydrogens is 214 g/mol. The summed E-state index contributed by atoms with van der Waals surface area (Å²) >= 11 is 5.94. The third-order valence-electron chi connectivity index (χ3n) is 2.64. The van der Waals surface area contributed by atoms with Crippen LogP contribution in [0.3, 0.4) is 0 Å². The average Bonchev–Trinajstić information content (AvgIpc) is 2.28. The van der Waals surface area contributed by atoms with Crippen molar-refractivity contribution in [3.63, 3.8) is 0 Å². The molecule has 2 unspecified atom stereocenters. The molecule has 2 rings (SSSR count). The van der Waals surface area contributed by atoms with Gasteiger partial charge in [-0.05, 0) is 12.8 Å². The Bertz CT molecular complexity index is 359. The number of hydrogen-bond donors (Lipinski definition) is 1. The lowest BCUT2D eigenvalue weighted by molar-refractivity contribution is 0.160. The summed E-state index contributed by atoms with van der Waals surface area (Å²) < 4.78 is 5.80. The number of nitrogens with one attached hydrogen (secondary N) is 1. The number of fused-ring (bicyclic) bond motifs is 1. The molecule has 1 N–H and O–H groups in total. The highest BCUT2D eigenvalue weighted by Crippen LogP contribution is 2.35. The van der Waals surface area contributed by atoms with Gasteiger partial charge in [0, 0.05) is 0 Å². The van der Waals surface area contributed by atoms with E-state index in [0.29, 0.717) is 22.8 Å². The van der Waals surface area contributed by atoms with Crippen LogP contribution in [0.2, 0.25) is 5.15 Å². The largest absolute Gasteiger partial charge is 0.481 e. The van der Waals surface area contributed by atoms with E-state index in [4.69, 9.17) is 16.3 Å². The molecule has 2 atom stereocenters. The van der Waals surface area contributed by atoms with E-state index in [-0.39, 0.29) is 6.10 Å². The van der Waals surface area contributed by atoms with Crippen LogP contribution in [0.25, 0.3) is 0 Å². The molecule has 5 heteroatoms. The van der Waals surface area contributed by atoms with Crippen LogP contribution in [0.15, 0.2) is 6.33 Å². The first-order valence-corrected chi connectivity index (χ1v) is 5.57. The summed E-state index contributed by atoms with van der Waals surface area (Å²) in [6.07, 6.45) is 3.53. The molecule has 0 aliphatic carbocycles. The molecule has 1 aromatic heterocycles. The molecule has 0 saturated carbocycles. The summed E-state index contributed by atoms with van der Waals surface area (Å²) in [6, 6.07) is 0.300. The maximum atomic E-state index is 5.94. The molecule has 1 aliphatic rings. The second-order valence-corrected chi connectivity index (χ2v) is 3.92. The minimum absolute atomic E-state index is 0.144. The molecule has 2 heterocycles. The van der Waals surface area contributed by atoms with E-state index in [9.17, 15) is 0 Å². The van der Waals surface area contributed by atoms with Crippen LogP contribution >= 0.6 is 11.6 Å². The van der Waals surface area contributed by atoms with E-state index in [2.05, 4.69) is 29.1 Å². The number of aromatic nitrogens is 2. The normalized spacial score (nSPS) is 23.9. The van der Waals surface area contributed by atoms with Crippen molar-refractivity contribution in [1.82, 2.24) is 9.97 Å². The Morgan fingerprint density at radius 2 is 2.20 bits per heavy atom. The van der Waals surface area contributed by atoms with E-state index in [1.165, 1.54) is 6.33 Å². The van der Waals surface area contributed by atoms with E-state index >= 15 is 0 Å². The highest BCUT2D eigenvalue weighted by Gasteiger charge is 2.29. The first-order chi connectivity index (χ1) is 7.26. The van der Waals surface area contributed by atoms with Gasteiger partial charge in [-0.3, -0.25) is 0 Å². The van der Waals surface area contributed by atoms with Crippen LogP contribution in [0.4, 0.5) is 5.82 Å². The van der Waals surface area contributed by atoms with E-state index in [1.54, 1.807) is 0 Å². The van der Waals surface area contributed by atoms with Gasteiger partial charge in [-0.1, -0.05) is 25.4 Å². The molecule has 0 saturated heterocycles. The molecule has 0 amide bonds. The van der Waals surface area contributed by atoms with Gasteiger partial charge in [0.1, 0.15) is 12.4 Å². The SMILES string of the molecule is CCC1Nc2ncnc(Cl)c2OC1CC. The van der Waals surface area contributed by atoms with Gasteiger partial charge in [0.15, 0.2) is 16.7 Å². The standard InChI is InChI=1S/C10H14ClN3O/c1-3-6-7(4-2)15-8-9(11)12-5-13-10(8)14-6/h5-7H,3-4H2,1-2H3,(H,12,13,14). The van der Waals surface area contributed by atoms with Crippen molar-refractivity contribution in [2.75, 3.05) is 5.32 Å². The number of rotatable bonds is 2. The molecule has 0 aromatic carbocycles. The minimum atomic E-state index is 0.144. The quantitative estimate of drug-likeness (QED) is 0.789. The van der Waals surface area contributed by atoms with E-state index in [1.807, 2.05) is 0 Å². The summed E-state index contributed by atoms with van der Waals surface area (Å²) in [5.41, 5.74) is 0. The highest BCUT2D eigenvalue weighted by molar-refractivity contribution is 6.31. The zero-order valence-electron chi connectivity index (χ0n) is 8.83. The number of nitrogens with zero attached hydrogens (tertiary/aromatic N) is 2. The van der Waals surface area contributed by atoms with Gasteiger partial charge < -0.3 is 10.1 Å². The lowest BCUT2D eigenvalue weighted by atomic mass is 10.0. The van der Waals surface area contributed by atoms with Gasteiger partial charge in [-0.15, -0.1) is 0 Å². The first kappa shape index (κ1) is 10.5. The Morgan fingerprint density at radius 3 is 2.87 bits per heavy atom. The zero-order valence-corrected chi connectivity index (χ0v) is 9.58. The van der Waals surface area contributed by atoms with Crippen molar-refractivity contribution in [3.05, 3.63) is 11.5 Å². The second kappa shape index (κ2) is 4.23. The predicted octanol–water partition coefficient (Wildman–Crippen LogP) is 2.49. The van der Waals surface area contributed by atoms with Crippen LogP contribution in [0, 0.1) is 0 Å². The van der Waals surface area contributed by atoms with E-state index in [0.717, 1.165) is 12.8 Å². The van der Waals surface area contributed by atoms with Crippen LogP contribution in [-0.4, -0.2) is 22.1 Å². The maximum Gasteiger partial charge on any atom is 0.199 e. The lowest BCUT2D eigenvalue weighted by Crippen LogP contribution is -2.41. The molecule has 4 nitrogen and oxygen atoms in total. The highest BCUT2D eigenvalue weighted by atomic mass is 35.5. The molecule has 0 fully saturated rings. The van der Waals surface area contributed by atoms with Crippen molar-refractivity contribution in [3.8, 4) is 5.75 Å². The molecular formula is C10H14ClN3O. The van der Waals surface area contributed by atoms with Crippen molar-refractivity contribution in [1.29, 1.82) is 0 Å². The summed E-state index contributed by atoms with van der Waals surface area (Å²) in [5, 5.41) is 3.70. The van der Waals surface area contributed by atoms with Gasteiger partial charge in [0.25, 0.3) is 0 Å². The van der Waals surface area contributed by atoms with Crippen LogP contribution in [0.1, 0.15) is 26.7 Å². The summed E-state index contributed by atoms with van der Waals surface area (Å²) in [4.78, 5) is 8.02.